The van der Waals surface area contributed by atoms with E-state index in [0.29, 0.717) is 11.5 Å². The first-order valence-electron chi connectivity index (χ1n) is 8.05. The number of fused-ring (bicyclic) bond motifs is 2. The van der Waals surface area contributed by atoms with Crippen LogP contribution >= 0.6 is 15.9 Å². The molecule has 0 aromatic heterocycles. The second kappa shape index (κ2) is 5.81. The molecule has 0 radical (unpaired) electrons. The summed E-state index contributed by atoms with van der Waals surface area (Å²) in [7, 11) is 0. The summed E-state index contributed by atoms with van der Waals surface area (Å²) in [4.78, 5) is 0. The van der Waals surface area contributed by atoms with E-state index in [1.807, 2.05) is 0 Å². The highest BCUT2D eigenvalue weighted by atomic mass is 79.9. The minimum atomic E-state index is 0.508. The van der Waals surface area contributed by atoms with Gasteiger partial charge in [0.1, 0.15) is 0 Å². The van der Waals surface area contributed by atoms with Gasteiger partial charge in [0.15, 0.2) is 0 Å². The minimum absolute atomic E-state index is 0.508. The summed E-state index contributed by atoms with van der Waals surface area (Å²) < 4.78 is 1.21. The molecule has 0 spiro atoms. The zero-order chi connectivity index (χ0) is 14.2. The Balaban J connectivity index is 1.79. The van der Waals surface area contributed by atoms with E-state index < -0.39 is 0 Å². The van der Waals surface area contributed by atoms with Crippen LogP contribution in [0.4, 0.5) is 0 Å². The molecule has 0 heterocycles. The van der Waals surface area contributed by atoms with E-state index >= 15 is 0 Å². The van der Waals surface area contributed by atoms with Gasteiger partial charge >= 0.3 is 0 Å². The fourth-order valence-electron chi connectivity index (χ4n) is 4.51. The van der Waals surface area contributed by atoms with Crippen LogP contribution in [-0.4, -0.2) is 12.6 Å². The van der Waals surface area contributed by atoms with Crippen LogP contribution in [0.3, 0.4) is 0 Å². The molecule has 3 rings (SSSR count). The van der Waals surface area contributed by atoms with E-state index in [1.54, 1.807) is 0 Å². The first-order chi connectivity index (χ1) is 9.57. The lowest BCUT2D eigenvalue weighted by Gasteiger charge is -2.39. The van der Waals surface area contributed by atoms with E-state index in [-0.39, 0.29) is 0 Å². The smallest absolute Gasteiger partial charge is 0.0177 e. The molecule has 3 atom stereocenters. The molecule has 0 aliphatic heterocycles. The highest BCUT2D eigenvalue weighted by Gasteiger charge is 2.50. The van der Waals surface area contributed by atoms with Gasteiger partial charge in [0.25, 0.3) is 0 Å². The predicted molar refractivity (Wildman–Crippen MR) is 88.9 cm³/mol. The molecule has 110 valence electrons. The van der Waals surface area contributed by atoms with Crippen LogP contribution in [0.15, 0.2) is 28.7 Å². The lowest BCUT2D eigenvalue weighted by Crippen LogP contribution is -2.42. The van der Waals surface area contributed by atoms with Crippen molar-refractivity contribution in [3.63, 3.8) is 0 Å². The summed E-state index contributed by atoms with van der Waals surface area (Å²) in [6.45, 7) is 5.72. The van der Waals surface area contributed by atoms with Gasteiger partial charge in [-0.2, -0.15) is 0 Å². The van der Waals surface area contributed by atoms with Crippen molar-refractivity contribution in [1.29, 1.82) is 0 Å². The van der Waals surface area contributed by atoms with Crippen LogP contribution in [0, 0.1) is 17.3 Å². The van der Waals surface area contributed by atoms with Gasteiger partial charge in [0.2, 0.25) is 0 Å². The third-order valence-corrected chi connectivity index (χ3v) is 5.90. The molecule has 2 bridgehead atoms. The molecule has 2 heteroatoms. The SMILES string of the molecule is CC(C)NCC1(Cc2cccc(Br)c2)CC2CCC1C2. The Labute approximate surface area is 131 Å². The highest BCUT2D eigenvalue weighted by Crippen LogP contribution is 2.57. The topological polar surface area (TPSA) is 12.0 Å². The van der Waals surface area contributed by atoms with Crippen LogP contribution < -0.4 is 5.32 Å². The number of hydrogen-bond donors (Lipinski definition) is 1. The standard InChI is InChI=1S/C18H26BrN/c1-13(2)20-12-18(11-15-6-7-16(18)8-15)10-14-4-3-5-17(19)9-14/h3-5,9,13,15-16,20H,6-8,10-12H2,1-2H3. The fourth-order valence-corrected chi connectivity index (χ4v) is 4.96. The first kappa shape index (κ1) is 14.6. The molecule has 0 saturated heterocycles. The average molecular weight is 336 g/mol. The molecule has 1 aromatic rings. The van der Waals surface area contributed by atoms with Crippen molar-refractivity contribution >= 4 is 15.9 Å². The maximum absolute atomic E-state index is 3.74. The predicted octanol–water partition coefficient (Wildman–Crippen LogP) is 4.80. The molecule has 2 saturated carbocycles. The van der Waals surface area contributed by atoms with Gasteiger partial charge in [-0.1, -0.05) is 48.3 Å². The van der Waals surface area contributed by atoms with Gasteiger partial charge in [-0.05, 0) is 60.6 Å². The molecule has 3 unspecified atom stereocenters. The van der Waals surface area contributed by atoms with Gasteiger partial charge in [0.05, 0.1) is 0 Å². The lowest BCUT2D eigenvalue weighted by molar-refractivity contribution is 0.152. The van der Waals surface area contributed by atoms with E-state index in [0.717, 1.165) is 11.8 Å². The summed E-state index contributed by atoms with van der Waals surface area (Å²) in [5.74, 6) is 1.94. The lowest BCUT2D eigenvalue weighted by atomic mass is 9.69. The summed E-state index contributed by atoms with van der Waals surface area (Å²) in [6.07, 6.45) is 7.09. The zero-order valence-corrected chi connectivity index (χ0v) is 14.2. The largest absolute Gasteiger partial charge is 0.314 e. The van der Waals surface area contributed by atoms with Gasteiger partial charge in [0, 0.05) is 17.1 Å². The van der Waals surface area contributed by atoms with Gasteiger partial charge < -0.3 is 5.32 Å². The van der Waals surface area contributed by atoms with Crippen LogP contribution in [0.25, 0.3) is 0 Å². The minimum Gasteiger partial charge on any atom is -0.314 e. The summed E-state index contributed by atoms with van der Waals surface area (Å²) in [5, 5.41) is 3.74. The monoisotopic (exact) mass is 335 g/mol. The Morgan fingerprint density at radius 1 is 1.35 bits per heavy atom. The summed E-state index contributed by atoms with van der Waals surface area (Å²) in [5.41, 5.74) is 2.01. The van der Waals surface area contributed by atoms with Crippen molar-refractivity contribution in [2.45, 2.75) is 52.0 Å². The Hall–Kier alpha value is -0.340. The quantitative estimate of drug-likeness (QED) is 0.815. The molecule has 1 N–H and O–H groups in total. The normalized spacial score (nSPS) is 32.2. The van der Waals surface area contributed by atoms with Crippen molar-refractivity contribution in [3.8, 4) is 0 Å². The molecule has 2 fully saturated rings. The molecular formula is C18H26BrN. The molecule has 1 nitrogen and oxygen atoms in total. The van der Waals surface area contributed by atoms with Crippen molar-refractivity contribution in [1.82, 2.24) is 5.32 Å². The number of benzene rings is 1. The third-order valence-electron chi connectivity index (χ3n) is 5.41. The number of hydrogen-bond acceptors (Lipinski definition) is 1. The van der Waals surface area contributed by atoms with Gasteiger partial charge in [-0.15, -0.1) is 0 Å². The van der Waals surface area contributed by atoms with Crippen LogP contribution in [-0.2, 0) is 6.42 Å². The van der Waals surface area contributed by atoms with E-state index in [4.69, 9.17) is 0 Å². The Kier molecular flexibility index (Phi) is 4.24. The second-order valence-corrected chi connectivity index (χ2v) is 8.20. The van der Waals surface area contributed by atoms with Crippen molar-refractivity contribution in [2.24, 2.45) is 17.3 Å². The summed E-state index contributed by atoms with van der Waals surface area (Å²) >= 11 is 3.62. The number of halogens is 1. The third kappa shape index (κ3) is 2.96. The Morgan fingerprint density at radius 2 is 2.20 bits per heavy atom. The van der Waals surface area contributed by atoms with Gasteiger partial charge in [-0.25, -0.2) is 0 Å². The molecule has 2 aliphatic carbocycles. The van der Waals surface area contributed by atoms with Crippen LogP contribution in [0.5, 0.6) is 0 Å². The van der Waals surface area contributed by atoms with Gasteiger partial charge in [-0.3, -0.25) is 0 Å². The Bertz CT molecular complexity index is 470. The van der Waals surface area contributed by atoms with Crippen molar-refractivity contribution in [2.75, 3.05) is 6.54 Å². The molecule has 2 aliphatic rings. The van der Waals surface area contributed by atoms with Crippen LogP contribution in [0.1, 0.15) is 45.1 Å². The highest BCUT2D eigenvalue weighted by molar-refractivity contribution is 9.10. The van der Waals surface area contributed by atoms with Crippen molar-refractivity contribution in [3.05, 3.63) is 34.3 Å². The van der Waals surface area contributed by atoms with Crippen LogP contribution in [0.2, 0.25) is 0 Å². The number of rotatable bonds is 5. The molecule has 1 aromatic carbocycles. The first-order valence-corrected chi connectivity index (χ1v) is 8.84. The fraction of sp³-hybridized carbons (Fsp3) is 0.667. The van der Waals surface area contributed by atoms with E-state index in [9.17, 15) is 0 Å². The average Bonchev–Trinajstić information content (AvgIpc) is 2.97. The maximum atomic E-state index is 3.74. The zero-order valence-electron chi connectivity index (χ0n) is 12.7. The Morgan fingerprint density at radius 3 is 2.80 bits per heavy atom. The molecule has 20 heavy (non-hydrogen) atoms. The summed E-state index contributed by atoms with van der Waals surface area (Å²) in [6, 6.07) is 9.50. The maximum Gasteiger partial charge on any atom is 0.0177 e. The van der Waals surface area contributed by atoms with E-state index in [2.05, 4.69) is 59.4 Å². The molecule has 0 amide bonds. The van der Waals surface area contributed by atoms with E-state index in [1.165, 1.54) is 48.7 Å². The number of nitrogens with one attached hydrogen (secondary N) is 1. The second-order valence-electron chi connectivity index (χ2n) is 7.28. The molecular weight excluding hydrogens is 310 g/mol. The van der Waals surface area contributed by atoms with Crippen molar-refractivity contribution < 1.29 is 0 Å².